The Hall–Kier alpha value is -8.74. The van der Waals surface area contributed by atoms with Gasteiger partial charge in [-0.05, 0) is 133 Å². The lowest BCUT2D eigenvalue weighted by molar-refractivity contribution is 0.419. The Morgan fingerprint density at radius 1 is 0.394 bits per heavy atom. The summed E-state index contributed by atoms with van der Waals surface area (Å²) in [5.74, 6) is 1.76. The SMILES string of the molecule is Cc1ccc(N2c3ccc(C)cc3B3c4ccc(N(c5ccccc5)c5cccc6c5Oc5ccccc5C6(C)C)cc4N(c4ccccc4)c4cc(N(c5ccccc5)c5ccccc5)cc2c43)cc1. The zero-order chi connectivity index (χ0) is 47.8. The first kappa shape index (κ1) is 42.4. The minimum Gasteiger partial charge on any atom is -0.455 e. The Kier molecular flexibility index (Phi) is 10.00. The van der Waals surface area contributed by atoms with Gasteiger partial charge in [0, 0.05) is 73.4 Å². The van der Waals surface area contributed by atoms with Crippen molar-refractivity contribution in [2.75, 3.05) is 19.6 Å². The van der Waals surface area contributed by atoms with Crippen LogP contribution in [0.4, 0.5) is 68.2 Å². The highest BCUT2D eigenvalue weighted by molar-refractivity contribution is 7.00. The van der Waals surface area contributed by atoms with E-state index in [0.717, 1.165) is 79.6 Å². The molecule has 0 radical (unpaired) electrons. The number of rotatable bonds is 8. The third kappa shape index (κ3) is 6.93. The van der Waals surface area contributed by atoms with Crippen LogP contribution in [0.1, 0.15) is 36.1 Å². The maximum atomic E-state index is 7.02. The molecule has 0 aromatic heterocycles. The molecular formula is C65H51BN4O. The molecule has 10 aromatic carbocycles. The fourth-order valence-electron chi connectivity index (χ4n) is 11.4. The van der Waals surface area contributed by atoms with E-state index in [1.165, 1.54) is 38.8 Å². The van der Waals surface area contributed by atoms with Gasteiger partial charge in [0.2, 0.25) is 0 Å². The molecule has 0 fully saturated rings. The van der Waals surface area contributed by atoms with E-state index < -0.39 is 0 Å². The number of nitrogens with zero attached hydrogens (tertiary/aromatic N) is 4. The average molecular weight is 915 g/mol. The molecule has 10 aromatic rings. The molecule has 3 heterocycles. The molecule has 340 valence electrons. The largest absolute Gasteiger partial charge is 0.455 e. The van der Waals surface area contributed by atoms with Crippen LogP contribution in [0.2, 0.25) is 0 Å². The van der Waals surface area contributed by atoms with Gasteiger partial charge < -0.3 is 24.3 Å². The number of fused-ring (bicyclic) bond motifs is 6. The topological polar surface area (TPSA) is 22.2 Å². The third-order valence-corrected chi connectivity index (χ3v) is 14.7. The van der Waals surface area contributed by atoms with Crippen LogP contribution in [-0.2, 0) is 5.41 Å². The van der Waals surface area contributed by atoms with Crippen LogP contribution < -0.4 is 40.7 Å². The second-order valence-electron chi connectivity index (χ2n) is 19.5. The molecular weight excluding hydrogens is 864 g/mol. The van der Waals surface area contributed by atoms with Crippen molar-refractivity contribution in [1.29, 1.82) is 0 Å². The monoisotopic (exact) mass is 914 g/mol. The Morgan fingerprint density at radius 3 is 1.59 bits per heavy atom. The summed E-state index contributed by atoms with van der Waals surface area (Å²) in [6, 6.07) is 86.2. The molecule has 0 saturated heterocycles. The van der Waals surface area contributed by atoms with E-state index in [9.17, 15) is 0 Å². The van der Waals surface area contributed by atoms with Gasteiger partial charge in [0.15, 0.2) is 5.75 Å². The first-order valence-corrected chi connectivity index (χ1v) is 24.6. The standard InChI is InChI=1S/C65H51BN4O/c1-44-32-35-50(36-33-44)69-57-39-34-45(2)40-56(57)66-55-38-37-51(68(48-24-13-7-14-25-48)58-30-19-29-54-64(58)71-62-31-18-17-28-53(62)65(54,3)4)41-59(55)70(49-26-15-8-16-27-49)61-43-52(42-60(69)63(61)66)67(46-20-9-5-10-21-46)47-22-11-6-12-23-47/h5-43H,1-4H3. The van der Waals surface area contributed by atoms with Crippen LogP contribution in [0, 0.1) is 13.8 Å². The van der Waals surface area contributed by atoms with Crippen LogP contribution in [0.25, 0.3) is 0 Å². The van der Waals surface area contributed by atoms with Crippen molar-refractivity contribution < 1.29 is 4.74 Å². The smallest absolute Gasteiger partial charge is 0.252 e. The summed E-state index contributed by atoms with van der Waals surface area (Å²) in [7, 11) is 0. The van der Waals surface area contributed by atoms with Gasteiger partial charge in [-0.2, -0.15) is 0 Å². The molecule has 3 aliphatic rings. The number of aryl methyl sites for hydroxylation is 2. The Labute approximate surface area is 417 Å². The molecule has 0 atom stereocenters. The quantitative estimate of drug-likeness (QED) is 0.141. The molecule has 13 rings (SSSR count). The van der Waals surface area contributed by atoms with E-state index in [0.29, 0.717) is 0 Å². The lowest BCUT2D eigenvalue weighted by atomic mass is 9.33. The third-order valence-electron chi connectivity index (χ3n) is 14.7. The Balaban J connectivity index is 1.10. The summed E-state index contributed by atoms with van der Waals surface area (Å²) >= 11 is 0. The van der Waals surface area contributed by atoms with Crippen LogP contribution >= 0.6 is 0 Å². The maximum Gasteiger partial charge on any atom is 0.252 e. The zero-order valence-electron chi connectivity index (χ0n) is 40.3. The van der Waals surface area contributed by atoms with E-state index in [1.807, 2.05) is 0 Å². The normalized spacial score (nSPS) is 13.5. The molecule has 0 spiro atoms. The highest BCUT2D eigenvalue weighted by atomic mass is 16.5. The summed E-state index contributed by atoms with van der Waals surface area (Å²) in [4.78, 5) is 9.79. The highest BCUT2D eigenvalue weighted by Crippen LogP contribution is 2.54. The number of anilines is 12. The summed E-state index contributed by atoms with van der Waals surface area (Å²) in [6.07, 6.45) is 0. The zero-order valence-corrected chi connectivity index (χ0v) is 40.3. The number of hydrogen-bond donors (Lipinski definition) is 0. The maximum absolute atomic E-state index is 7.02. The molecule has 3 aliphatic heterocycles. The van der Waals surface area contributed by atoms with Crippen molar-refractivity contribution in [3.63, 3.8) is 0 Å². The minimum atomic E-state index is -0.284. The van der Waals surface area contributed by atoms with Gasteiger partial charge in [-0.1, -0.05) is 158 Å². The fourth-order valence-corrected chi connectivity index (χ4v) is 11.4. The van der Waals surface area contributed by atoms with Gasteiger partial charge in [-0.25, -0.2) is 0 Å². The van der Waals surface area contributed by atoms with Gasteiger partial charge in [0.05, 0.1) is 11.4 Å². The lowest BCUT2D eigenvalue weighted by Gasteiger charge is -2.45. The summed E-state index contributed by atoms with van der Waals surface area (Å²) < 4.78 is 7.02. The van der Waals surface area contributed by atoms with Crippen molar-refractivity contribution in [3.05, 3.63) is 259 Å². The van der Waals surface area contributed by atoms with Crippen molar-refractivity contribution in [2.24, 2.45) is 0 Å². The average Bonchev–Trinajstić information content (AvgIpc) is 3.40. The van der Waals surface area contributed by atoms with Gasteiger partial charge in [-0.15, -0.1) is 0 Å². The van der Waals surface area contributed by atoms with Gasteiger partial charge in [0.1, 0.15) is 5.75 Å². The summed E-state index contributed by atoms with van der Waals surface area (Å²) in [6.45, 7) is 8.92. The van der Waals surface area contributed by atoms with Crippen LogP contribution in [0.5, 0.6) is 11.5 Å². The number of hydrogen-bond acceptors (Lipinski definition) is 5. The molecule has 0 amide bonds. The van der Waals surface area contributed by atoms with Gasteiger partial charge >= 0.3 is 0 Å². The van der Waals surface area contributed by atoms with Crippen LogP contribution in [0.3, 0.4) is 0 Å². The Bertz CT molecular complexity index is 3600. The number of benzene rings is 10. The van der Waals surface area contributed by atoms with E-state index >= 15 is 0 Å². The summed E-state index contributed by atoms with van der Waals surface area (Å²) in [5, 5.41) is 0. The molecule has 5 nitrogen and oxygen atoms in total. The molecule has 0 unspecified atom stereocenters. The Morgan fingerprint density at radius 2 is 0.930 bits per heavy atom. The summed E-state index contributed by atoms with van der Waals surface area (Å²) in [5.41, 5.74) is 21.4. The number of para-hydroxylation sites is 6. The van der Waals surface area contributed by atoms with Crippen LogP contribution in [-0.4, -0.2) is 6.71 Å². The van der Waals surface area contributed by atoms with Crippen LogP contribution in [0.15, 0.2) is 237 Å². The minimum absolute atomic E-state index is 0.0770. The first-order chi connectivity index (χ1) is 34.8. The molecule has 0 aliphatic carbocycles. The molecule has 0 saturated carbocycles. The van der Waals surface area contributed by atoms with Gasteiger partial charge in [0.25, 0.3) is 6.71 Å². The highest BCUT2D eigenvalue weighted by Gasteiger charge is 2.45. The lowest BCUT2D eigenvalue weighted by Crippen LogP contribution is -2.61. The van der Waals surface area contributed by atoms with Crippen molar-refractivity contribution in [3.8, 4) is 11.5 Å². The van der Waals surface area contributed by atoms with Crippen molar-refractivity contribution in [2.45, 2.75) is 33.1 Å². The second-order valence-corrected chi connectivity index (χ2v) is 19.5. The second kappa shape index (κ2) is 16.7. The first-order valence-electron chi connectivity index (χ1n) is 24.6. The molecule has 71 heavy (non-hydrogen) atoms. The van der Waals surface area contributed by atoms with E-state index in [-0.39, 0.29) is 12.1 Å². The van der Waals surface area contributed by atoms with E-state index in [1.54, 1.807) is 0 Å². The molecule has 0 bridgehead atoms. The van der Waals surface area contributed by atoms with Crippen molar-refractivity contribution in [1.82, 2.24) is 0 Å². The molecule has 0 N–H and O–H groups in total. The van der Waals surface area contributed by atoms with Crippen molar-refractivity contribution >= 4 is 91.3 Å². The number of ether oxygens (including phenoxy) is 1. The van der Waals surface area contributed by atoms with E-state index in [2.05, 4.69) is 284 Å². The predicted molar refractivity (Wildman–Crippen MR) is 298 cm³/mol. The fraction of sp³-hybridized carbons (Fsp3) is 0.0769. The van der Waals surface area contributed by atoms with Gasteiger partial charge in [-0.3, -0.25) is 0 Å². The predicted octanol–water partition coefficient (Wildman–Crippen LogP) is 15.8. The molecule has 6 heteroatoms. The van der Waals surface area contributed by atoms with E-state index in [4.69, 9.17) is 4.74 Å².